The number of hydrogen-bond donors (Lipinski definition) is 0. The molecule has 2 aliphatic rings. The molecule has 11 heteroatoms. The number of fused-ring (bicyclic) bond motifs is 1. The molecule has 5 rings (SSSR count). The Balaban J connectivity index is 1.29. The summed E-state index contributed by atoms with van der Waals surface area (Å²) >= 11 is 0. The normalized spacial score (nSPS) is 16.2. The third-order valence-electron chi connectivity index (χ3n) is 7.11. The molecule has 2 aromatic heterocycles. The van der Waals surface area contributed by atoms with Crippen molar-refractivity contribution in [3.05, 3.63) is 53.7 Å². The molecule has 0 radical (unpaired) electrons. The minimum Gasteiger partial charge on any atom is -0.486 e. The Labute approximate surface area is 233 Å². The van der Waals surface area contributed by atoms with Crippen LogP contribution >= 0.6 is 0 Å². The largest absolute Gasteiger partial charge is 0.486 e. The van der Waals surface area contributed by atoms with Gasteiger partial charge in [-0.15, -0.1) is 0 Å². The van der Waals surface area contributed by atoms with Crippen molar-refractivity contribution in [1.29, 1.82) is 0 Å². The van der Waals surface area contributed by atoms with Crippen LogP contribution in [-0.4, -0.2) is 68.6 Å². The van der Waals surface area contributed by atoms with E-state index in [1.165, 1.54) is 6.07 Å². The third-order valence-corrected chi connectivity index (χ3v) is 7.11. The van der Waals surface area contributed by atoms with Crippen molar-refractivity contribution in [3.63, 3.8) is 0 Å². The molecule has 40 heavy (non-hydrogen) atoms. The van der Waals surface area contributed by atoms with E-state index in [9.17, 15) is 13.6 Å². The Morgan fingerprint density at radius 2 is 1.88 bits per heavy atom. The molecule has 1 fully saturated rings. The molecule has 2 aliphatic heterocycles. The van der Waals surface area contributed by atoms with Crippen LogP contribution in [0.15, 0.2) is 30.7 Å². The number of benzene rings is 1. The van der Waals surface area contributed by atoms with Crippen molar-refractivity contribution in [2.45, 2.75) is 71.6 Å². The number of carbonyl (C=O) groups is 1. The Bertz CT molecular complexity index is 1380. The van der Waals surface area contributed by atoms with Gasteiger partial charge in [0.15, 0.2) is 17.4 Å². The average molecular weight is 555 g/mol. The summed E-state index contributed by atoms with van der Waals surface area (Å²) in [7, 11) is 0. The van der Waals surface area contributed by atoms with E-state index in [1.54, 1.807) is 17.2 Å². The van der Waals surface area contributed by atoms with Gasteiger partial charge in [-0.05, 0) is 65.2 Å². The quantitative estimate of drug-likeness (QED) is 0.418. The summed E-state index contributed by atoms with van der Waals surface area (Å²) < 4.78 is 42.9. The Hall–Kier alpha value is -3.76. The van der Waals surface area contributed by atoms with Crippen molar-refractivity contribution in [3.8, 4) is 17.0 Å². The first-order valence-electron chi connectivity index (χ1n) is 13.7. The van der Waals surface area contributed by atoms with Gasteiger partial charge in [-0.2, -0.15) is 5.10 Å². The van der Waals surface area contributed by atoms with E-state index in [1.807, 2.05) is 50.4 Å². The molecule has 0 saturated carbocycles. The summed E-state index contributed by atoms with van der Waals surface area (Å²) in [6.07, 6.45) is 6.40. The summed E-state index contributed by atoms with van der Waals surface area (Å²) in [6.45, 7) is 11.8. The van der Waals surface area contributed by atoms with Crippen LogP contribution in [0, 0.1) is 11.6 Å². The number of halogens is 2. The number of rotatable bonds is 5. The van der Waals surface area contributed by atoms with E-state index < -0.39 is 17.2 Å². The first kappa shape index (κ1) is 27.8. The lowest BCUT2D eigenvalue weighted by atomic mass is 10.1. The van der Waals surface area contributed by atoms with Gasteiger partial charge in [0, 0.05) is 37.3 Å². The van der Waals surface area contributed by atoms with Gasteiger partial charge in [0.2, 0.25) is 0 Å². The molecule has 1 saturated heterocycles. The minimum atomic E-state index is -0.622. The molecular formula is C29H36F2N6O3. The lowest BCUT2D eigenvalue weighted by Crippen LogP contribution is -2.42. The Morgan fingerprint density at radius 1 is 1.12 bits per heavy atom. The van der Waals surface area contributed by atoms with Crippen LogP contribution in [0.1, 0.15) is 64.9 Å². The number of hydrogen-bond acceptors (Lipinski definition) is 7. The molecule has 4 heterocycles. The van der Waals surface area contributed by atoms with E-state index in [4.69, 9.17) is 9.47 Å². The molecule has 1 amide bonds. The van der Waals surface area contributed by atoms with E-state index in [0.29, 0.717) is 49.7 Å². The van der Waals surface area contributed by atoms with Crippen molar-refractivity contribution in [2.75, 3.05) is 31.1 Å². The smallest absolute Gasteiger partial charge is 0.410 e. The lowest BCUT2D eigenvalue weighted by molar-refractivity contribution is 0.0184. The molecule has 1 aromatic carbocycles. The average Bonchev–Trinajstić information content (AvgIpc) is 3.37. The van der Waals surface area contributed by atoms with Crippen LogP contribution in [-0.2, 0) is 11.2 Å². The zero-order valence-electron chi connectivity index (χ0n) is 23.7. The maximum absolute atomic E-state index is 15.0. The third kappa shape index (κ3) is 6.03. The summed E-state index contributed by atoms with van der Waals surface area (Å²) in [4.78, 5) is 24.8. The maximum Gasteiger partial charge on any atom is 0.410 e. The van der Waals surface area contributed by atoms with Crippen LogP contribution in [0.2, 0.25) is 0 Å². The van der Waals surface area contributed by atoms with Crippen LogP contribution in [0.3, 0.4) is 0 Å². The SMILES string of the molecule is CC(C)N1CCOc2c(F)cc(-c3nc(Cc4cnn(C5CCN(C(=O)OC(C)(C)C)CC5)c4)ncc3F)cc21. The molecule has 214 valence electrons. The topological polar surface area (TPSA) is 85.6 Å². The van der Waals surface area contributed by atoms with E-state index in [0.717, 1.165) is 24.6 Å². The lowest BCUT2D eigenvalue weighted by Gasteiger charge is -2.34. The van der Waals surface area contributed by atoms with Crippen molar-refractivity contribution < 1.29 is 23.0 Å². The standard InChI is InChI=1S/C29H36F2N6O3/c1-18(2)36-10-11-39-27-22(30)13-20(14-24(27)36)26-23(31)16-32-25(34-26)12-19-15-33-37(17-19)21-6-8-35(9-7-21)28(38)40-29(3,4)5/h13-18,21H,6-12H2,1-5H3. The van der Waals surface area contributed by atoms with Gasteiger partial charge >= 0.3 is 6.09 Å². The summed E-state index contributed by atoms with van der Waals surface area (Å²) in [5.41, 5.74) is 1.33. The minimum absolute atomic E-state index is 0.0443. The zero-order valence-corrected chi connectivity index (χ0v) is 23.7. The molecule has 0 atom stereocenters. The number of aromatic nitrogens is 4. The predicted molar refractivity (Wildman–Crippen MR) is 146 cm³/mol. The second kappa shape index (κ2) is 11.0. The number of amides is 1. The number of nitrogens with zero attached hydrogens (tertiary/aromatic N) is 6. The van der Waals surface area contributed by atoms with Crippen LogP contribution < -0.4 is 9.64 Å². The number of ether oxygens (including phenoxy) is 2. The van der Waals surface area contributed by atoms with Gasteiger partial charge in [-0.3, -0.25) is 4.68 Å². The maximum atomic E-state index is 15.0. The number of carbonyl (C=O) groups excluding carboxylic acids is 1. The highest BCUT2D eigenvalue weighted by molar-refractivity contribution is 5.72. The van der Waals surface area contributed by atoms with Gasteiger partial charge in [-0.25, -0.2) is 23.5 Å². The second-order valence-electron chi connectivity index (χ2n) is 11.6. The fraction of sp³-hybridized carbons (Fsp3) is 0.517. The van der Waals surface area contributed by atoms with E-state index in [2.05, 4.69) is 15.1 Å². The first-order valence-corrected chi connectivity index (χ1v) is 13.7. The highest BCUT2D eigenvalue weighted by Crippen LogP contribution is 2.39. The molecular weight excluding hydrogens is 518 g/mol. The zero-order chi connectivity index (χ0) is 28.6. The van der Waals surface area contributed by atoms with Gasteiger partial charge in [-0.1, -0.05) is 0 Å². The van der Waals surface area contributed by atoms with Crippen LogP contribution in [0.5, 0.6) is 5.75 Å². The van der Waals surface area contributed by atoms with Crippen LogP contribution in [0.4, 0.5) is 19.3 Å². The predicted octanol–water partition coefficient (Wildman–Crippen LogP) is 5.39. The summed E-state index contributed by atoms with van der Waals surface area (Å²) in [6, 6.07) is 3.28. The molecule has 0 spiro atoms. The van der Waals surface area contributed by atoms with Crippen molar-refractivity contribution in [2.24, 2.45) is 0 Å². The Morgan fingerprint density at radius 3 is 2.58 bits per heavy atom. The van der Waals surface area contributed by atoms with Gasteiger partial charge < -0.3 is 19.3 Å². The van der Waals surface area contributed by atoms with Gasteiger partial charge in [0.1, 0.15) is 23.7 Å². The monoisotopic (exact) mass is 554 g/mol. The van der Waals surface area contributed by atoms with E-state index >= 15 is 0 Å². The van der Waals surface area contributed by atoms with Crippen molar-refractivity contribution >= 4 is 11.8 Å². The van der Waals surface area contributed by atoms with Crippen molar-refractivity contribution in [1.82, 2.24) is 24.6 Å². The molecule has 0 N–H and O–H groups in total. The number of likely N-dealkylation sites (tertiary alicyclic amines) is 1. The molecule has 9 nitrogen and oxygen atoms in total. The first-order chi connectivity index (χ1) is 19.0. The molecule has 0 unspecified atom stereocenters. The Kier molecular flexibility index (Phi) is 7.65. The highest BCUT2D eigenvalue weighted by atomic mass is 19.1. The summed E-state index contributed by atoms with van der Waals surface area (Å²) in [5, 5.41) is 4.53. The van der Waals surface area contributed by atoms with Gasteiger partial charge in [0.05, 0.1) is 30.7 Å². The van der Waals surface area contributed by atoms with E-state index in [-0.39, 0.29) is 29.6 Å². The van der Waals surface area contributed by atoms with Crippen LogP contribution in [0.25, 0.3) is 11.3 Å². The fourth-order valence-corrected chi connectivity index (χ4v) is 5.16. The second-order valence-corrected chi connectivity index (χ2v) is 11.6. The number of anilines is 1. The fourth-order valence-electron chi connectivity index (χ4n) is 5.16. The number of piperidine rings is 1. The summed E-state index contributed by atoms with van der Waals surface area (Å²) in [5.74, 6) is -0.576. The van der Waals surface area contributed by atoms with Gasteiger partial charge in [0.25, 0.3) is 0 Å². The highest BCUT2D eigenvalue weighted by Gasteiger charge is 2.28. The molecule has 3 aromatic rings. The molecule has 0 bridgehead atoms. The molecule has 0 aliphatic carbocycles.